The average Bonchev–Trinajstić information content (AvgIpc) is 2.99. The summed E-state index contributed by atoms with van der Waals surface area (Å²) < 4.78 is 16.6. The van der Waals surface area contributed by atoms with Crippen LogP contribution in [0.5, 0.6) is 0 Å². The molecular weight excluding hydrogens is 396 g/mol. The first-order chi connectivity index (χ1) is 14.7. The minimum absolute atomic E-state index is 0.190. The lowest BCUT2D eigenvalue weighted by Crippen LogP contribution is -2.34. The fourth-order valence-corrected chi connectivity index (χ4v) is 3.58. The number of rotatable bonds is 5. The van der Waals surface area contributed by atoms with Crippen LogP contribution in [0, 0.1) is 5.92 Å². The predicted molar refractivity (Wildman–Crippen MR) is 118 cm³/mol. The number of esters is 3. The van der Waals surface area contributed by atoms with E-state index in [1.807, 2.05) is 19.9 Å². The summed E-state index contributed by atoms with van der Waals surface area (Å²) in [5, 5.41) is 0. The van der Waals surface area contributed by atoms with Crippen LogP contribution >= 0.6 is 0 Å². The second kappa shape index (κ2) is 10.9. The molecule has 168 valence electrons. The van der Waals surface area contributed by atoms with Gasteiger partial charge >= 0.3 is 17.9 Å². The number of hydrogen-bond acceptors (Lipinski definition) is 6. The minimum Gasteiger partial charge on any atom is -0.458 e. The van der Waals surface area contributed by atoms with E-state index in [-0.39, 0.29) is 12.2 Å². The fourth-order valence-electron chi connectivity index (χ4n) is 3.58. The fraction of sp³-hybridized carbons (Fsp3) is 0.480. The zero-order chi connectivity index (χ0) is 23.1. The molecule has 31 heavy (non-hydrogen) atoms. The number of fused-ring (bicyclic) bond motifs is 1. The number of ether oxygens (including phenoxy) is 3. The zero-order valence-electron chi connectivity index (χ0n) is 19.0. The van der Waals surface area contributed by atoms with E-state index < -0.39 is 36.0 Å². The van der Waals surface area contributed by atoms with Gasteiger partial charge in [-0.25, -0.2) is 14.4 Å². The third kappa shape index (κ3) is 6.29. The van der Waals surface area contributed by atoms with Crippen molar-refractivity contribution in [3.05, 3.63) is 58.7 Å². The molecule has 0 aromatic rings. The van der Waals surface area contributed by atoms with Crippen LogP contribution in [0.1, 0.15) is 53.9 Å². The van der Waals surface area contributed by atoms with Gasteiger partial charge in [0.25, 0.3) is 0 Å². The quantitative estimate of drug-likeness (QED) is 0.277. The van der Waals surface area contributed by atoms with Crippen molar-refractivity contribution < 1.29 is 28.6 Å². The van der Waals surface area contributed by atoms with Crippen molar-refractivity contribution >= 4 is 17.9 Å². The first kappa shape index (κ1) is 24.4. The number of allylic oxidation sites excluding steroid dienone is 4. The number of carbonyl (C=O) groups is 3. The Morgan fingerprint density at radius 3 is 2.55 bits per heavy atom. The molecule has 0 spiro atoms. The normalized spacial score (nSPS) is 28.5. The summed E-state index contributed by atoms with van der Waals surface area (Å²) in [4.78, 5) is 37.1. The van der Waals surface area contributed by atoms with Crippen LogP contribution in [-0.2, 0) is 28.6 Å². The van der Waals surface area contributed by atoms with Crippen LogP contribution in [0.15, 0.2) is 58.7 Å². The van der Waals surface area contributed by atoms with Crippen molar-refractivity contribution in [2.75, 3.05) is 6.61 Å². The topological polar surface area (TPSA) is 78.9 Å². The lowest BCUT2D eigenvalue weighted by atomic mass is 9.85. The van der Waals surface area contributed by atoms with Crippen molar-refractivity contribution in [1.29, 1.82) is 0 Å². The van der Waals surface area contributed by atoms with Gasteiger partial charge in [-0.1, -0.05) is 36.0 Å². The van der Waals surface area contributed by atoms with E-state index in [2.05, 4.69) is 12.7 Å². The highest BCUT2D eigenvalue weighted by Crippen LogP contribution is 2.36. The summed E-state index contributed by atoms with van der Waals surface area (Å²) >= 11 is 0. The van der Waals surface area contributed by atoms with Gasteiger partial charge in [-0.3, -0.25) is 0 Å². The molecule has 6 nitrogen and oxygen atoms in total. The molecule has 0 aromatic carbocycles. The molecule has 1 aliphatic heterocycles. The van der Waals surface area contributed by atoms with E-state index in [9.17, 15) is 14.4 Å². The van der Waals surface area contributed by atoms with Crippen LogP contribution in [0.25, 0.3) is 0 Å². The molecule has 1 saturated heterocycles. The molecule has 1 heterocycles. The number of carbonyl (C=O) groups excluding carboxylic acids is 3. The molecule has 0 N–H and O–H groups in total. The molecule has 0 saturated carbocycles. The molecule has 0 aromatic heterocycles. The molecule has 2 rings (SSSR count). The van der Waals surface area contributed by atoms with Gasteiger partial charge in [0.1, 0.15) is 18.8 Å². The third-order valence-corrected chi connectivity index (χ3v) is 5.65. The molecule has 3 atom stereocenters. The van der Waals surface area contributed by atoms with E-state index in [4.69, 9.17) is 14.2 Å². The summed E-state index contributed by atoms with van der Waals surface area (Å²) in [6.07, 6.45) is 8.30. The second-order valence-electron chi connectivity index (χ2n) is 8.03. The first-order valence-corrected chi connectivity index (χ1v) is 10.6. The van der Waals surface area contributed by atoms with Crippen LogP contribution < -0.4 is 0 Å². The molecule has 2 aliphatic rings. The highest BCUT2D eigenvalue weighted by molar-refractivity contribution is 5.92. The first-order valence-electron chi connectivity index (χ1n) is 10.6. The summed E-state index contributed by atoms with van der Waals surface area (Å²) in [5.74, 6) is -2.02. The van der Waals surface area contributed by atoms with Gasteiger partial charge in [0.05, 0.1) is 11.5 Å². The molecular formula is C25H32O6. The van der Waals surface area contributed by atoms with Crippen LogP contribution in [0.4, 0.5) is 0 Å². The Hall–Kier alpha value is -2.89. The van der Waals surface area contributed by atoms with Gasteiger partial charge in [0, 0.05) is 17.6 Å². The summed E-state index contributed by atoms with van der Waals surface area (Å²) in [7, 11) is 0. The second-order valence-corrected chi connectivity index (χ2v) is 8.03. The Kier molecular flexibility index (Phi) is 8.60. The van der Waals surface area contributed by atoms with E-state index in [1.165, 1.54) is 0 Å². The van der Waals surface area contributed by atoms with E-state index in [0.717, 1.165) is 24.0 Å². The lowest BCUT2D eigenvalue weighted by Gasteiger charge is -2.27. The van der Waals surface area contributed by atoms with Gasteiger partial charge in [0.2, 0.25) is 0 Å². The van der Waals surface area contributed by atoms with Gasteiger partial charge in [0.15, 0.2) is 0 Å². The van der Waals surface area contributed by atoms with Gasteiger partial charge in [-0.2, -0.15) is 0 Å². The Morgan fingerprint density at radius 1 is 1.19 bits per heavy atom. The standard InChI is InChI=1S/C25H32O6/c1-7-17(5)23(26)29-14-19(8-2)25(28)31-21-13-16(4)11-9-10-15(3)12-20-22(21)18(6)24(27)30-20/h7-8,11-12,20-22H,6,9-10,13-14H2,1-5H3/b15-12+,16-11+,17-7-,19-8+/t20-,21-,22-/m1/s1. The largest absolute Gasteiger partial charge is 0.458 e. The average molecular weight is 429 g/mol. The molecule has 0 bridgehead atoms. The van der Waals surface area contributed by atoms with E-state index >= 15 is 0 Å². The van der Waals surface area contributed by atoms with Crippen molar-refractivity contribution in [2.45, 2.75) is 66.1 Å². The SMILES string of the molecule is C=C1C(=O)O[C@@H]2/C=C(\C)CC/C=C(\C)C[C@@H](OC(=O)/C(=C/C)COC(=O)/C(C)=C\C)[C@H]12. The molecule has 0 amide bonds. The van der Waals surface area contributed by atoms with Gasteiger partial charge < -0.3 is 14.2 Å². The molecule has 0 radical (unpaired) electrons. The molecule has 1 aliphatic carbocycles. The smallest absolute Gasteiger partial charge is 0.337 e. The highest BCUT2D eigenvalue weighted by Gasteiger charge is 2.44. The van der Waals surface area contributed by atoms with Gasteiger partial charge in [-0.05, 0) is 53.5 Å². The van der Waals surface area contributed by atoms with Crippen molar-refractivity contribution in [3.8, 4) is 0 Å². The summed E-state index contributed by atoms with van der Waals surface area (Å²) in [6, 6.07) is 0. The highest BCUT2D eigenvalue weighted by atomic mass is 16.6. The minimum atomic E-state index is -0.627. The van der Waals surface area contributed by atoms with Crippen molar-refractivity contribution in [1.82, 2.24) is 0 Å². The maximum Gasteiger partial charge on any atom is 0.337 e. The van der Waals surface area contributed by atoms with Crippen LogP contribution in [0.2, 0.25) is 0 Å². The molecule has 0 unspecified atom stereocenters. The Bertz CT molecular complexity index is 870. The van der Waals surface area contributed by atoms with Crippen LogP contribution in [-0.4, -0.2) is 36.7 Å². The Balaban J connectivity index is 2.24. The van der Waals surface area contributed by atoms with Gasteiger partial charge in [-0.15, -0.1) is 0 Å². The molecule has 1 fully saturated rings. The van der Waals surface area contributed by atoms with E-state index in [0.29, 0.717) is 17.6 Å². The zero-order valence-corrected chi connectivity index (χ0v) is 19.0. The predicted octanol–water partition coefficient (Wildman–Crippen LogP) is 4.53. The molecule has 6 heteroatoms. The monoisotopic (exact) mass is 428 g/mol. The van der Waals surface area contributed by atoms with Crippen molar-refractivity contribution in [2.24, 2.45) is 5.92 Å². The maximum atomic E-state index is 12.9. The van der Waals surface area contributed by atoms with Crippen molar-refractivity contribution in [3.63, 3.8) is 0 Å². The van der Waals surface area contributed by atoms with E-state index in [1.54, 1.807) is 32.9 Å². The lowest BCUT2D eigenvalue weighted by molar-refractivity contribution is -0.148. The summed E-state index contributed by atoms with van der Waals surface area (Å²) in [5.41, 5.74) is 3.16. The Labute approximate surface area is 184 Å². The number of hydrogen-bond donors (Lipinski definition) is 0. The Morgan fingerprint density at radius 2 is 1.90 bits per heavy atom. The maximum absolute atomic E-state index is 12.9. The third-order valence-electron chi connectivity index (χ3n) is 5.65. The van der Waals surface area contributed by atoms with Crippen LogP contribution in [0.3, 0.4) is 0 Å². The summed E-state index contributed by atoms with van der Waals surface area (Å²) in [6.45, 7) is 12.8.